The molecule has 0 aliphatic rings. The first-order valence-corrected chi connectivity index (χ1v) is 9.68. The molecule has 0 saturated carbocycles. The fourth-order valence-corrected chi connectivity index (χ4v) is 2.91. The molecule has 9 heteroatoms. The lowest BCUT2D eigenvalue weighted by atomic mass is 10.1. The first kappa shape index (κ1) is 21.4. The van der Waals surface area contributed by atoms with Crippen LogP contribution >= 0.6 is 46.4 Å². The Balaban J connectivity index is 1.78. The number of aryl methyl sites for hydroxylation is 2. The number of carbonyl (C=O) groups is 2. The number of amides is 2. The van der Waals surface area contributed by atoms with Crippen LogP contribution in [0.3, 0.4) is 0 Å². The highest BCUT2D eigenvalue weighted by atomic mass is 127. The van der Waals surface area contributed by atoms with Crippen LogP contribution in [-0.4, -0.2) is 23.5 Å². The summed E-state index contributed by atoms with van der Waals surface area (Å²) in [6, 6.07) is 10.4. The van der Waals surface area contributed by atoms with Gasteiger partial charge in [-0.3, -0.25) is 25.8 Å². The third-order valence-corrected chi connectivity index (χ3v) is 5.07. The molecule has 27 heavy (non-hydrogen) atoms. The van der Waals surface area contributed by atoms with Gasteiger partial charge in [-0.2, -0.15) is 0 Å². The highest BCUT2D eigenvalue weighted by Gasteiger charge is 2.10. The van der Waals surface area contributed by atoms with Crippen LogP contribution in [0.15, 0.2) is 36.4 Å². The molecule has 2 aromatic carbocycles. The Morgan fingerprint density at radius 2 is 1.85 bits per heavy atom. The number of hydrogen-bond acceptors (Lipinski definition) is 4. The summed E-state index contributed by atoms with van der Waals surface area (Å²) in [5.74, 6) is -0.266. The van der Waals surface area contributed by atoms with Crippen LogP contribution in [0.4, 0.5) is 0 Å². The number of halogens is 2. The summed E-state index contributed by atoms with van der Waals surface area (Å²) in [6.07, 6.45) is 0. The van der Waals surface area contributed by atoms with Gasteiger partial charge in [-0.05, 0) is 90.1 Å². The molecule has 0 heterocycles. The van der Waals surface area contributed by atoms with Crippen LogP contribution in [-0.2, 0) is 4.79 Å². The minimum Gasteiger partial charge on any atom is -0.483 e. The first-order valence-electron chi connectivity index (χ1n) is 7.81. The van der Waals surface area contributed by atoms with Gasteiger partial charge in [0.15, 0.2) is 11.7 Å². The molecule has 2 amide bonds. The second-order valence-electron chi connectivity index (χ2n) is 5.62. The zero-order valence-electron chi connectivity index (χ0n) is 14.6. The fourth-order valence-electron chi connectivity index (χ4n) is 2.02. The molecule has 0 aliphatic carbocycles. The fraction of sp³-hybridized carbons (Fsp3) is 0.167. The van der Waals surface area contributed by atoms with E-state index in [1.54, 1.807) is 30.3 Å². The number of ether oxygens (including phenoxy) is 1. The minimum absolute atomic E-state index is 0.0217. The average molecular weight is 518 g/mol. The van der Waals surface area contributed by atoms with Crippen molar-refractivity contribution >= 4 is 63.3 Å². The SMILES string of the molecule is Cc1ccc(C(=O)NC(=S)NNC(=O)COc2ccc(Cl)cc2C)cc1I. The number of benzene rings is 2. The summed E-state index contributed by atoms with van der Waals surface area (Å²) in [5, 5.41) is 3.07. The number of thiocarbonyl (C=S) groups is 1. The van der Waals surface area contributed by atoms with Crippen molar-refractivity contribution in [3.63, 3.8) is 0 Å². The molecule has 0 aromatic heterocycles. The second-order valence-corrected chi connectivity index (χ2v) is 7.63. The van der Waals surface area contributed by atoms with Crippen LogP contribution in [0.2, 0.25) is 5.02 Å². The normalized spacial score (nSPS) is 10.1. The average Bonchev–Trinajstić information content (AvgIpc) is 2.61. The topological polar surface area (TPSA) is 79.5 Å². The van der Waals surface area contributed by atoms with E-state index < -0.39 is 5.91 Å². The van der Waals surface area contributed by atoms with Gasteiger partial charge in [0.05, 0.1) is 0 Å². The van der Waals surface area contributed by atoms with Crippen molar-refractivity contribution in [3.8, 4) is 5.75 Å². The van der Waals surface area contributed by atoms with Crippen molar-refractivity contribution in [1.29, 1.82) is 0 Å². The van der Waals surface area contributed by atoms with Gasteiger partial charge in [0, 0.05) is 14.2 Å². The lowest BCUT2D eigenvalue weighted by molar-refractivity contribution is -0.123. The molecule has 2 rings (SSSR count). The van der Waals surface area contributed by atoms with E-state index in [9.17, 15) is 9.59 Å². The third kappa shape index (κ3) is 6.64. The molecule has 0 spiro atoms. The van der Waals surface area contributed by atoms with Gasteiger partial charge in [0.1, 0.15) is 5.75 Å². The molecule has 142 valence electrons. The van der Waals surface area contributed by atoms with Crippen molar-refractivity contribution < 1.29 is 14.3 Å². The van der Waals surface area contributed by atoms with Crippen molar-refractivity contribution in [2.75, 3.05) is 6.61 Å². The summed E-state index contributed by atoms with van der Waals surface area (Å²) in [6.45, 7) is 3.56. The number of hydrogen-bond donors (Lipinski definition) is 3. The molecule has 0 unspecified atom stereocenters. The molecule has 0 atom stereocenters. The molecule has 0 radical (unpaired) electrons. The quantitative estimate of drug-likeness (QED) is 0.330. The third-order valence-electron chi connectivity index (χ3n) is 3.47. The monoisotopic (exact) mass is 517 g/mol. The van der Waals surface area contributed by atoms with Crippen molar-refractivity contribution in [3.05, 3.63) is 61.7 Å². The molecule has 6 nitrogen and oxygen atoms in total. The zero-order chi connectivity index (χ0) is 20.0. The van der Waals surface area contributed by atoms with Crippen LogP contribution in [0.25, 0.3) is 0 Å². The van der Waals surface area contributed by atoms with Gasteiger partial charge < -0.3 is 4.74 Å². The molecule has 2 aromatic rings. The van der Waals surface area contributed by atoms with Crippen molar-refractivity contribution in [2.24, 2.45) is 0 Å². The molecular formula is C18H17ClIN3O3S. The maximum atomic E-state index is 12.1. The van der Waals surface area contributed by atoms with Gasteiger partial charge >= 0.3 is 0 Å². The predicted molar refractivity (Wildman–Crippen MR) is 117 cm³/mol. The van der Waals surface area contributed by atoms with Crippen LogP contribution in [0, 0.1) is 17.4 Å². The molecule has 0 bridgehead atoms. The van der Waals surface area contributed by atoms with Crippen LogP contribution < -0.4 is 20.9 Å². The van der Waals surface area contributed by atoms with Crippen molar-refractivity contribution in [2.45, 2.75) is 13.8 Å². The lowest BCUT2D eigenvalue weighted by Gasteiger charge is -2.12. The standard InChI is InChI=1S/C18H17ClIN3O3S/c1-10-3-4-12(8-14(10)20)17(25)21-18(27)23-22-16(24)9-26-15-6-5-13(19)7-11(15)2/h3-8H,9H2,1-2H3,(H,22,24)(H2,21,23,25,27). The summed E-state index contributed by atoms with van der Waals surface area (Å²) in [7, 11) is 0. The minimum atomic E-state index is -0.453. The number of hydrazine groups is 1. The van der Waals surface area contributed by atoms with Crippen LogP contribution in [0.5, 0.6) is 5.75 Å². The number of nitrogens with one attached hydrogen (secondary N) is 3. The Morgan fingerprint density at radius 1 is 1.11 bits per heavy atom. The Labute approximate surface area is 181 Å². The first-order chi connectivity index (χ1) is 12.8. The molecule has 0 fully saturated rings. The molecule has 3 N–H and O–H groups in total. The van der Waals surface area contributed by atoms with E-state index >= 15 is 0 Å². The predicted octanol–water partition coefficient (Wildman–Crippen LogP) is 3.28. The van der Waals surface area contributed by atoms with E-state index in [1.165, 1.54) is 0 Å². The van der Waals surface area contributed by atoms with E-state index in [-0.39, 0.29) is 17.6 Å². The Hall–Kier alpha value is -1.91. The van der Waals surface area contributed by atoms with Gasteiger partial charge in [-0.25, -0.2) is 0 Å². The maximum Gasteiger partial charge on any atom is 0.276 e. The van der Waals surface area contributed by atoms with Gasteiger partial charge in [-0.15, -0.1) is 0 Å². The van der Waals surface area contributed by atoms with Crippen molar-refractivity contribution in [1.82, 2.24) is 16.2 Å². The van der Waals surface area contributed by atoms with E-state index in [1.807, 2.05) is 19.9 Å². The van der Waals surface area contributed by atoms with Crippen LogP contribution in [0.1, 0.15) is 21.5 Å². The zero-order valence-corrected chi connectivity index (χ0v) is 18.3. The van der Waals surface area contributed by atoms with Gasteiger partial charge in [0.2, 0.25) is 0 Å². The van der Waals surface area contributed by atoms with E-state index in [4.69, 9.17) is 28.6 Å². The smallest absolute Gasteiger partial charge is 0.276 e. The Bertz CT molecular complexity index is 892. The second kappa shape index (κ2) is 9.86. The summed E-state index contributed by atoms with van der Waals surface area (Å²) >= 11 is 13.0. The molecule has 0 aliphatic heterocycles. The van der Waals surface area contributed by atoms with Gasteiger partial charge in [0.25, 0.3) is 11.8 Å². The highest BCUT2D eigenvalue weighted by Crippen LogP contribution is 2.21. The highest BCUT2D eigenvalue weighted by molar-refractivity contribution is 14.1. The van der Waals surface area contributed by atoms with Gasteiger partial charge in [-0.1, -0.05) is 17.7 Å². The Morgan fingerprint density at radius 3 is 2.52 bits per heavy atom. The molecular weight excluding hydrogens is 501 g/mol. The lowest BCUT2D eigenvalue weighted by Crippen LogP contribution is -2.49. The van der Waals surface area contributed by atoms with E-state index in [0.29, 0.717) is 16.3 Å². The summed E-state index contributed by atoms with van der Waals surface area (Å²) in [4.78, 5) is 24.0. The molecule has 0 saturated heterocycles. The number of carbonyl (C=O) groups excluding carboxylic acids is 2. The largest absolute Gasteiger partial charge is 0.483 e. The Kier molecular flexibility index (Phi) is 7.81. The summed E-state index contributed by atoms with van der Waals surface area (Å²) < 4.78 is 6.39. The summed E-state index contributed by atoms with van der Waals surface area (Å²) in [5.41, 5.74) is 7.20. The van der Waals surface area contributed by atoms with E-state index in [0.717, 1.165) is 14.7 Å². The number of rotatable bonds is 4. The maximum absolute atomic E-state index is 12.1. The van der Waals surface area contributed by atoms with E-state index in [2.05, 4.69) is 38.8 Å².